The van der Waals surface area contributed by atoms with Gasteiger partial charge in [0.15, 0.2) is 5.82 Å². The van der Waals surface area contributed by atoms with Crippen LogP contribution in [0.15, 0.2) is 30.3 Å². The lowest BCUT2D eigenvalue weighted by molar-refractivity contribution is 0.629. The molecule has 0 spiro atoms. The lowest BCUT2D eigenvalue weighted by Gasteiger charge is -2.09. The van der Waals surface area contributed by atoms with Crippen molar-refractivity contribution in [2.45, 2.75) is 0 Å². The Hall–Kier alpha value is -1.96. The van der Waals surface area contributed by atoms with Crippen molar-refractivity contribution in [1.82, 2.24) is 0 Å². The molecule has 0 amide bonds. The fraction of sp³-hybridized carbons (Fsp3) is 0. The molecule has 0 atom stereocenters. The Morgan fingerprint density at radius 2 is 1.74 bits per heavy atom. The Morgan fingerprint density at radius 3 is 2.26 bits per heavy atom. The van der Waals surface area contributed by atoms with Crippen LogP contribution in [-0.4, -0.2) is 0 Å². The summed E-state index contributed by atoms with van der Waals surface area (Å²) >= 11 is 11.4. The summed E-state index contributed by atoms with van der Waals surface area (Å²) < 4.78 is 13.3. The van der Waals surface area contributed by atoms with Crippen LogP contribution in [0.5, 0.6) is 0 Å². The molecule has 0 fully saturated rings. The maximum atomic E-state index is 13.3. The second kappa shape index (κ2) is 5.35. The van der Waals surface area contributed by atoms with Crippen LogP contribution in [0.2, 0.25) is 10.0 Å². The van der Waals surface area contributed by atoms with Crippen molar-refractivity contribution in [3.8, 4) is 6.07 Å². The minimum atomic E-state index is -0.659. The Balaban J connectivity index is 2.32. The van der Waals surface area contributed by atoms with E-state index in [2.05, 4.69) is 5.32 Å². The quantitative estimate of drug-likeness (QED) is 0.640. The molecule has 2 aromatic carbocycles. The number of nitriles is 1. The summed E-state index contributed by atoms with van der Waals surface area (Å²) in [5.41, 5.74) is 7.61. The van der Waals surface area contributed by atoms with Crippen LogP contribution in [0.3, 0.4) is 0 Å². The molecule has 0 aromatic heterocycles. The maximum Gasteiger partial charge on any atom is 0.160 e. The van der Waals surface area contributed by atoms with Gasteiger partial charge in [0.2, 0.25) is 0 Å². The summed E-state index contributed by atoms with van der Waals surface area (Å²) in [5, 5.41) is 11.6. The SMILES string of the molecule is N#Cc1ccc(Nc2cc(Cl)c(F)c(Cl)c2)cc1N. The molecule has 0 saturated carbocycles. The van der Waals surface area contributed by atoms with Crippen molar-refractivity contribution in [1.29, 1.82) is 5.26 Å². The van der Waals surface area contributed by atoms with Gasteiger partial charge in [-0.15, -0.1) is 0 Å². The molecule has 0 radical (unpaired) electrons. The second-order valence-electron chi connectivity index (χ2n) is 3.79. The minimum Gasteiger partial charge on any atom is -0.398 e. The van der Waals surface area contributed by atoms with Crippen LogP contribution in [0, 0.1) is 17.1 Å². The molecule has 0 aliphatic heterocycles. The van der Waals surface area contributed by atoms with Crippen LogP contribution >= 0.6 is 23.2 Å². The first kappa shape index (κ1) is 13.5. The topological polar surface area (TPSA) is 61.8 Å². The van der Waals surface area contributed by atoms with Gasteiger partial charge in [-0.3, -0.25) is 0 Å². The highest BCUT2D eigenvalue weighted by Crippen LogP contribution is 2.29. The predicted molar refractivity (Wildman–Crippen MR) is 75.3 cm³/mol. The van der Waals surface area contributed by atoms with E-state index >= 15 is 0 Å². The van der Waals surface area contributed by atoms with Crippen LogP contribution in [0.4, 0.5) is 21.5 Å². The molecule has 3 nitrogen and oxygen atoms in total. The number of hydrogen-bond acceptors (Lipinski definition) is 3. The van der Waals surface area contributed by atoms with Crippen molar-refractivity contribution in [3.63, 3.8) is 0 Å². The third-order valence-corrected chi connectivity index (χ3v) is 2.99. The normalized spacial score (nSPS) is 10.0. The van der Waals surface area contributed by atoms with Gasteiger partial charge in [0.05, 0.1) is 21.3 Å². The molecule has 19 heavy (non-hydrogen) atoms. The summed E-state index contributed by atoms with van der Waals surface area (Å²) in [6.07, 6.45) is 0. The monoisotopic (exact) mass is 295 g/mol. The summed E-state index contributed by atoms with van der Waals surface area (Å²) in [7, 11) is 0. The molecule has 0 aliphatic rings. The lowest BCUT2D eigenvalue weighted by atomic mass is 10.1. The summed E-state index contributed by atoms with van der Waals surface area (Å²) in [5.74, 6) is -0.659. The summed E-state index contributed by atoms with van der Waals surface area (Å²) in [4.78, 5) is 0. The molecule has 0 saturated heterocycles. The van der Waals surface area contributed by atoms with E-state index in [1.807, 2.05) is 6.07 Å². The number of hydrogen-bond donors (Lipinski definition) is 2. The fourth-order valence-corrected chi connectivity index (χ4v) is 2.02. The van der Waals surface area contributed by atoms with Gasteiger partial charge in [-0.2, -0.15) is 5.26 Å². The zero-order valence-electron chi connectivity index (χ0n) is 9.55. The van der Waals surface area contributed by atoms with Gasteiger partial charge in [-0.1, -0.05) is 23.2 Å². The highest BCUT2D eigenvalue weighted by molar-refractivity contribution is 6.35. The Labute approximate surface area is 119 Å². The van der Waals surface area contributed by atoms with Gasteiger partial charge in [0.25, 0.3) is 0 Å². The highest BCUT2D eigenvalue weighted by atomic mass is 35.5. The van der Waals surface area contributed by atoms with Gasteiger partial charge in [-0.25, -0.2) is 4.39 Å². The Morgan fingerprint density at radius 1 is 1.11 bits per heavy atom. The molecular weight excluding hydrogens is 288 g/mol. The van der Waals surface area contributed by atoms with Crippen molar-refractivity contribution >= 4 is 40.3 Å². The van der Waals surface area contributed by atoms with E-state index < -0.39 is 5.82 Å². The van der Waals surface area contributed by atoms with Gasteiger partial charge in [-0.05, 0) is 30.3 Å². The fourth-order valence-electron chi connectivity index (χ4n) is 1.54. The first-order valence-corrected chi connectivity index (χ1v) is 5.98. The number of halogens is 3. The second-order valence-corrected chi connectivity index (χ2v) is 4.61. The number of benzene rings is 2. The number of nitrogens with two attached hydrogens (primary N) is 1. The third-order valence-electron chi connectivity index (χ3n) is 2.44. The van der Waals surface area contributed by atoms with Crippen LogP contribution in [0.25, 0.3) is 0 Å². The summed E-state index contributed by atoms with van der Waals surface area (Å²) in [6, 6.07) is 9.66. The van der Waals surface area contributed by atoms with Gasteiger partial charge >= 0.3 is 0 Å². The van der Waals surface area contributed by atoms with E-state index in [-0.39, 0.29) is 10.0 Å². The van der Waals surface area contributed by atoms with E-state index in [0.29, 0.717) is 22.6 Å². The van der Waals surface area contributed by atoms with Gasteiger partial charge in [0, 0.05) is 11.4 Å². The Bertz CT molecular complexity index is 657. The number of nitrogen functional groups attached to an aromatic ring is 1. The molecular formula is C13H8Cl2FN3. The average molecular weight is 296 g/mol. The molecule has 3 N–H and O–H groups in total. The third kappa shape index (κ3) is 2.90. The number of anilines is 3. The minimum absolute atomic E-state index is 0.0726. The van der Waals surface area contributed by atoms with Crippen LogP contribution in [-0.2, 0) is 0 Å². The molecule has 0 bridgehead atoms. The van der Waals surface area contributed by atoms with Gasteiger partial charge in [0.1, 0.15) is 6.07 Å². The van der Waals surface area contributed by atoms with Crippen LogP contribution in [0.1, 0.15) is 5.56 Å². The van der Waals surface area contributed by atoms with Crippen LogP contribution < -0.4 is 11.1 Å². The summed E-state index contributed by atoms with van der Waals surface area (Å²) in [6.45, 7) is 0. The zero-order chi connectivity index (χ0) is 14.0. The number of rotatable bonds is 2. The Kier molecular flexibility index (Phi) is 3.79. The van der Waals surface area contributed by atoms with Crippen molar-refractivity contribution in [3.05, 3.63) is 51.8 Å². The predicted octanol–water partition coefficient (Wildman–Crippen LogP) is 4.33. The zero-order valence-corrected chi connectivity index (χ0v) is 11.1. The van der Waals surface area contributed by atoms with E-state index in [1.54, 1.807) is 18.2 Å². The first-order valence-electron chi connectivity index (χ1n) is 5.22. The number of nitrogens with one attached hydrogen (secondary N) is 1. The smallest absolute Gasteiger partial charge is 0.160 e. The average Bonchev–Trinajstić information content (AvgIpc) is 2.36. The largest absolute Gasteiger partial charge is 0.398 e. The molecule has 0 heterocycles. The first-order chi connectivity index (χ1) is 9.01. The molecule has 0 aliphatic carbocycles. The standard InChI is InChI=1S/C13H8Cl2FN3/c14-10-3-9(4-11(15)13(10)16)19-8-2-1-7(6-17)12(18)5-8/h1-5,19H,18H2. The lowest BCUT2D eigenvalue weighted by Crippen LogP contribution is -1.95. The van der Waals surface area contributed by atoms with Crippen molar-refractivity contribution in [2.24, 2.45) is 0 Å². The number of nitrogens with zero attached hydrogens (tertiary/aromatic N) is 1. The van der Waals surface area contributed by atoms with E-state index in [4.69, 9.17) is 34.2 Å². The van der Waals surface area contributed by atoms with E-state index in [1.165, 1.54) is 12.1 Å². The van der Waals surface area contributed by atoms with Crippen molar-refractivity contribution < 1.29 is 4.39 Å². The van der Waals surface area contributed by atoms with Gasteiger partial charge < -0.3 is 11.1 Å². The molecule has 2 rings (SSSR count). The molecule has 6 heteroatoms. The molecule has 2 aromatic rings. The maximum absolute atomic E-state index is 13.3. The molecule has 96 valence electrons. The molecule has 0 unspecified atom stereocenters. The highest BCUT2D eigenvalue weighted by Gasteiger charge is 2.08. The van der Waals surface area contributed by atoms with E-state index in [9.17, 15) is 4.39 Å². The van der Waals surface area contributed by atoms with Crippen molar-refractivity contribution in [2.75, 3.05) is 11.1 Å². The van der Waals surface area contributed by atoms with E-state index in [0.717, 1.165) is 0 Å².